The molecule has 2 nitrogen and oxygen atoms in total. The summed E-state index contributed by atoms with van der Waals surface area (Å²) in [6, 6.07) is 4.10. The summed E-state index contributed by atoms with van der Waals surface area (Å²) in [5, 5.41) is 0. The molecule has 0 N–H and O–H groups in total. The van der Waals surface area contributed by atoms with Gasteiger partial charge in [0.25, 0.3) is 0 Å². The van der Waals surface area contributed by atoms with Crippen molar-refractivity contribution in [1.29, 1.82) is 0 Å². The molecule has 0 spiro atoms. The van der Waals surface area contributed by atoms with Crippen LogP contribution in [-0.4, -0.2) is 25.8 Å². The summed E-state index contributed by atoms with van der Waals surface area (Å²) in [4.78, 5) is 2.32. The first-order valence-corrected chi connectivity index (χ1v) is 6.36. The van der Waals surface area contributed by atoms with Crippen molar-refractivity contribution >= 4 is 36.1 Å². The molecular weight excluding hydrogens is 232 g/mol. The summed E-state index contributed by atoms with van der Waals surface area (Å²) in [5.74, 6) is 0. The third-order valence-corrected chi connectivity index (χ3v) is 2.75. The van der Waals surface area contributed by atoms with Gasteiger partial charge in [-0.1, -0.05) is 21.9 Å². The Morgan fingerprint density at radius 3 is 1.88 bits per heavy atom. The summed E-state index contributed by atoms with van der Waals surface area (Å²) < 4.78 is 9.96. The fourth-order valence-electron chi connectivity index (χ4n) is 1.04. The van der Waals surface area contributed by atoms with Crippen LogP contribution in [-0.2, 0) is 8.85 Å². The summed E-state index contributed by atoms with van der Waals surface area (Å²) in [6.45, 7) is 5.15. The first-order valence-electron chi connectivity index (χ1n) is 5.54. The fourth-order valence-corrected chi connectivity index (χ4v) is 1.86. The molecule has 0 amide bonds. The normalized spacial score (nSPS) is 12.8. The highest BCUT2D eigenvalue weighted by molar-refractivity contribution is 7.13. The molecule has 0 unspecified atom stereocenters. The van der Waals surface area contributed by atoms with Crippen LogP contribution in [0, 0.1) is 0 Å². The van der Waals surface area contributed by atoms with Gasteiger partial charge in [0, 0.05) is 13.8 Å². The Morgan fingerprint density at radius 1 is 1.00 bits per heavy atom. The molecule has 0 atom stereocenters. The first-order chi connectivity index (χ1) is 8.36. The fraction of sp³-hybridized carbons (Fsp3) is 0.286. The van der Waals surface area contributed by atoms with E-state index in [-0.39, 0.29) is 0 Å². The van der Waals surface area contributed by atoms with Crippen molar-refractivity contribution < 1.29 is 8.85 Å². The van der Waals surface area contributed by atoms with Crippen LogP contribution in [0.25, 0.3) is 12.2 Å². The Morgan fingerprint density at radius 2 is 1.47 bits per heavy atom. The number of rotatable bonds is 6. The number of hydrogen-bond donors (Lipinski definition) is 0. The van der Waals surface area contributed by atoms with Crippen LogP contribution in [0.1, 0.15) is 23.6 Å². The smallest absolute Gasteiger partial charge is 0.236 e. The van der Waals surface area contributed by atoms with E-state index in [1.54, 1.807) is 23.5 Å². The second-order valence-corrected chi connectivity index (χ2v) is 4.16. The lowest BCUT2D eigenvalue weighted by Gasteiger charge is -1.89. The Balaban J connectivity index is 2.53. The van der Waals surface area contributed by atoms with Gasteiger partial charge >= 0.3 is 0 Å². The second kappa shape index (κ2) is 8.65. The van der Waals surface area contributed by atoms with Crippen LogP contribution < -0.4 is 0 Å². The molecule has 1 rings (SSSR count). The molecule has 1 aromatic heterocycles. The predicted octanol–water partition coefficient (Wildman–Crippen LogP) is 3.11. The molecule has 0 aliphatic carbocycles. The second-order valence-electron chi connectivity index (χ2n) is 3.01. The molecule has 0 fully saturated rings. The Labute approximate surface area is 106 Å². The number of allylic oxidation sites excluding steroid dienone is 2. The molecule has 17 heavy (non-hydrogen) atoms. The largest absolute Gasteiger partial charge is 0.353 e. The van der Waals surface area contributed by atoms with Crippen LogP contribution in [0.2, 0.25) is 0 Å². The van der Waals surface area contributed by atoms with Gasteiger partial charge in [-0.3, -0.25) is 0 Å². The third kappa shape index (κ3) is 5.97. The lowest BCUT2D eigenvalue weighted by molar-refractivity contribution is 0.124. The summed E-state index contributed by atoms with van der Waals surface area (Å²) in [6.07, 6.45) is 12.9. The van der Waals surface area contributed by atoms with E-state index < -0.39 is 0 Å². The van der Waals surface area contributed by atoms with Crippen molar-refractivity contribution in [2.45, 2.75) is 13.8 Å². The highest BCUT2D eigenvalue weighted by Gasteiger charge is 1.85. The van der Waals surface area contributed by atoms with E-state index in [9.17, 15) is 0 Å². The van der Waals surface area contributed by atoms with E-state index in [1.807, 2.05) is 26.0 Å². The maximum absolute atomic E-state index is 4.98. The summed E-state index contributed by atoms with van der Waals surface area (Å²) in [5.41, 5.74) is 0. The van der Waals surface area contributed by atoms with Gasteiger partial charge in [0.2, 0.25) is 25.8 Å². The Bertz CT molecular complexity index is 387. The topological polar surface area (TPSA) is 22.6 Å². The Hall–Kier alpha value is -1.48. The van der Waals surface area contributed by atoms with Crippen molar-refractivity contribution in [2.24, 2.45) is 0 Å². The van der Waals surface area contributed by atoms with E-state index in [2.05, 4.69) is 24.7 Å². The van der Waals surface area contributed by atoms with Gasteiger partial charge in [-0.2, -0.15) is 23.5 Å². The molecule has 0 saturated carbocycles. The van der Waals surface area contributed by atoms with Crippen molar-refractivity contribution in [3.63, 3.8) is 0 Å². The zero-order chi connectivity index (χ0) is 12.3. The van der Waals surface area contributed by atoms with Crippen molar-refractivity contribution in [3.05, 3.63) is 34.0 Å². The quantitative estimate of drug-likeness (QED) is 0.419. The minimum absolute atomic E-state index is 0.645. The van der Waals surface area contributed by atoms with Gasteiger partial charge in [0.1, 0.15) is 0 Å². The lowest BCUT2D eigenvalue weighted by atomic mass is 10.4. The molecule has 1 heterocycles. The van der Waals surface area contributed by atoms with Crippen LogP contribution in [0.4, 0.5) is 0 Å². The molecule has 0 radical (unpaired) electrons. The molecule has 0 aliphatic heterocycles. The third-order valence-electron chi connectivity index (χ3n) is 1.73. The maximum Gasteiger partial charge on any atom is 0.236 e. The molecular formula is C14H16O2S. The zero-order valence-electron chi connectivity index (χ0n) is 10.1. The summed E-state index contributed by atoms with van der Waals surface area (Å²) in [7, 11) is 0. The van der Waals surface area contributed by atoms with Gasteiger partial charge in [-0.25, -0.2) is 0 Å². The van der Waals surface area contributed by atoms with Crippen LogP contribution in [0.3, 0.4) is 0 Å². The maximum atomic E-state index is 4.98. The predicted molar refractivity (Wildman–Crippen MR) is 74.9 cm³/mol. The number of hydrogen-bond acceptors (Lipinski definition) is 1. The minimum Gasteiger partial charge on any atom is -0.353 e. The molecule has 3 heteroatoms. The molecule has 0 bridgehead atoms. The molecule has 0 aromatic carbocycles. The van der Waals surface area contributed by atoms with E-state index >= 15 is 0 Å². The Kier molecular flexibility index (Phi) is 6.91. The van der Waals surface area contributed by atoms with E-state index in [0.29, 0.717) is 13.2 Å². The van der Waals surface area contributed by atoms with Gasteiger partial charge in [0.15, 0.2) is 0 Å². The highest BCUT2D eigenvalue weighted by atomic mass is 32.1. The molecule has 1 aromatic rings. The highest BCUT2D eigenvalue weighted by Crippen LogP contribution is 2.18. The van der Waals surface area contributed by atoms with Gasteiger partial charge in [-0.15, -0.1) is 12.2 Å². The van der Waals surface area contributed by atoms with Gasteiger partial charge in [-0.05, 0) is 0 Å². The van der Waals surface area contributed by atoms with Crippen LogP contribution in [0.5, 0.6) is 0 Å². The molecule has 90 valence electrons. The molecule has 0 aliphatic rings. The first kappa shape index (κ1) is 13.6. The number of thiophene rings is 1. The molecule has 0 saturated heterocycles. The van der Waals surface area contributed by atoms with Crippen molar-refractivity contribution in [3.8, 4) is 0 Å². The van der Waals surface area contributed by atoms with E-state index in [0.717, 1.165) is 9.75 Å². The SMILES string of the molecule is CC[O+]=[C-]/C=C/c1ccc(/C=C/[C-]=[O+]CC)s1. The zero-order valence-corrected chi connectivity index (χ0v) is 10.9. The minimum atomic E-state index is 0.645. The lowest BCUT2D eigenvalue weighted by Crippen LogP contribution is -1.75. The van der Waals surface area contributed by atoms with E-state index in [4.69, 9.17) is 8.85 Å². The van der Waals surface area contributed by atoms with Gasteiger partial charge < -0.3 is 8.85 Å². The summed E-state index contributed by atoms with van der Waals surface area (Å²) >= 11 is 1.68. The van der Waals surface area contributed by atoms with Crippen LogP contribution in [0.15, 0.2) is 24.3 Å². The van der Waals surface area contributed by atoms with Crippen molar-refractivity contribution in [2.75, 3.05) is 13.2 Å². The van der Waals surface area contributed by atoms with Gasteiger partial charge in [0.05, 0.1) is 0 Å². The number of carbonyl (C=O) groups excluding carboxylic acids is 2. The van der Waals surface area contributed by atoms with E-state index in [1.165, 1.54) is 0 Å². The average molecular weight is 248 g/mol. The van der Waals surface area contributed by atoms with Crippen molar-refractivity contribution in [1.82, 2.24) is 0 Å². The average Bonchev–Trinajstić information content (AvgIpc) is 2.78. The standard InChI is InChI=1S/C14H16O2S/c1-3-15-11-5-7-13-9-10-14(17-13)8-6-12-16-4-2/h5-10H,3-4H2,1-2H3/b7-5+,8-6+. The van der Waals surface area contributed by atoms with Crippen LogP contribution >= 0.6 is 11.3 Å². The monoisotopic (exact) mass is 248 g/mol.